The first kappa shape index (κ1) is 14.4. The van der Waals surface area contributed by atoms with Gasteiger partial charge in [-0.15, -0.1) is 0 Å². The van der Waals surface area contributed by atoms with Gasteiger partial charge in [-0.25, -0.2) is 0 Å². The quantitative estimate of drug-likeness (QED) is 0.880. The van der Waals surface area contributed by atoms with Crippen molar-refractivity contribution in [3.05, 3.63) is 29.3 Å². The summed E-state index contributed by atoms with van der Waals surface area (Å²) in [5.41, 5.74) is 9.00. The standard InChI is InChI=1S/C16H26N2O/c1-16(2,3)11-7-8-14(19-4)12(10-11)15(17)13-6-5-9-18-13/h7-8,10,13,15,18H,5-6,9,17H2,1-4H3. The first-order valence-electron chi connectivity index (χ1n) is 7.11. The van der Waals surface area contributed by atoms with Crippen LogP contribution < -0.4 is 15.8 Å². The van der Waals surface area contributed by atoms with Crippen LogP contribution in [0.4, 0.5) is 0 Å². The molecule has 1 heterocycles. The minimum absolute atomic E-state index is 0.000231. The molecule has 0 spiro atoms. The van der Waals surface area contributed by atoms with E-state index >= 15 is 0 Å². The topological polar surface area (TPSA) is 47.3 Å². The number of hydrogen-bond donors (Lipinski definition) is 2. The van der Waals surface area contributed by atoms with Gasteiger partial charge in [0.2, 0.25) is 0 Å². The van der Waals surface area contributed by atoms with Gasteiger partial charge in [0, 0.05) is 17.6 Å². The van der Waals surface area contributed by atoms with E-state index < -0.39 is 0 Å². The molecule has 3 nitrogen and oxygen atoms in total. The molecule has 1 aliphatic rings. The van der Waals surface area contributed by atoms with Crippen molar-refractivity contribution in [1.29, 1.82) is 0 Å². The van der Waals surface area contributed by atoms with Crippen LogP contribution >= 0.6 is 0 Å². The molecule has 3 heteroatoms. The second-order valence-electron chi connectivity index (χ2n) is 6.44. The molecule has 0 amide bonds. The largest absolute Gasteiger partial charge is 0.496 e. The molecule has 19 heavy (non-hydrogen) atoms. The lowest BCUT2D eigenvalue weighted by Crippen LogP contribution is -2.34. The molecule has 106 valence electrons. The number of nitrogens with two attached hydrogens (primary N) is 1. The smallest absolute Gasteiger partial charge is 0.123 e. The number of ether oxygens (including phenoxy) is 1. The molecule has 2 unspecified atom stereocenters. The Morgan fingerprint density at radius 3 is 2.63 bits per heavy atom. The summed E-state index contributed by atoms with van der Waals surface area (Å²) in [5.74, 6) is 0.897. The Morgan fingerprint density at radius 1 is 1.37 bits per heavy atom. The minimum Gasteiger partial charge on any atom is -0.496 e. The summed E-state index contributed by atoms with van der Waals surface area (Å²) < 4.78 is 5.49. The predicted molar refractivity (Wildman–Crippen MR) is 79.6 cm³/mol. The van der Waals surface area contributed by atoms with Crippen LogP contribution in [0.2, 0.25) is 0 Å². The van der Waals surface area contributed by atoms with E-state index in [4.69, 9.17) is 10.5 Å². The molecule has 1 saturated heterocycles. The van der Waals surface area contributed by atoms with Crippen molar-refractivity contribution in [2.45, 2.75) is 51.1 Å². The van der Waals surface area contributed by atoms with Gasteiger partial charge >= 0.3 is 0 Å². The van der Waals surface area contributed by atoms with Crippen LogP contribution in [0.1, 0.15) is 50.8 Å². The average Bonchev–Trinajstić information content (AvgIpc) is 2.90. The Hall–Kier alpha value is -1.06. The molecular weight excluding hydrogens is 236 g/mol. The van der Waals surface area contributed by atoms with E-state index in [-0.39, 0.29) is 11.5 Å². The van der Waals surface area contributed by atoms with Crippen molar-refractivity contribution in [1.82, 2.24) is 5.32 Å². The number of nitrogens with one attached hydrogen (secondary N) is 1. The highest BCUT2D eigenvalue weighted by Crippen LogP contribution is 2.33. The average molecular weight is 262 g/mol. The molecule has 0 saturated carbocycles. The van der Waals surface area contributed by atoms with Crippen molar-refractivity contribution in [2.75, 3.05) is 13.7 Å². The monoisotopic (exact) mass is 262 g/mol. The van der Waals surface area contributed by atoms with Crippen LogP contribution in [0, 0.1) is 0 Å². The van der Waals surface area contributed by atoms with E-state index in [9.17, 15) is 0 Å². The minimum atomic E-state index is -0.000231. The molecule has 0 radical (unpaired) electrons. The fraction of sp³-hybridized carbons (Fsp3) is 0.625. The van der Waals surface area contributed by atoms with Crippen LogP contribution in [0.5, 0.6) is 5.75 Å². The van der Waals surface area contributed by atoms with Gasteiger partial charge < -0.3 is 15.8 Å². The van der Waals surface area contributed by atoms with E-state index in [1.165, 1.54) is 12.0 Å². The maximum absolute atomic E-state index is 6.45. The maximum Gasteiger partial charge on any atom is 0.123 e. The molecule has 1 aromatic rings. The van der Waals surface area contributed by atoms with Gasteiger partial charge in [-0.2, -0.15) is 0 Å². The first-order valence-corrected chi connectivity index (χ1v) is 7.11. The molecule has 3 N–H and O–H groups in total. The molecule has 0 aliphatic carbocycles. The summed E-state index contributed by atoms with van der Waals surface area (Å²) >= 11 is 0. The van der Waals surface area contributed by atoms with Crippen LogP contribution in [-0.4, -0.2) is 19.7 Å². The zero-order valence-corrected chi connectivity index (χ0v) is 12.5. The summed E-state index contributed by atoms with van der Waals surface area (Å²) in [7, 11) is 1.71. The Balaban J connectivity index is 2.35. The Kier molecular flexibility index (Phi) is 4.16. The maximum atomic E-state index is 6.45. The van der Waals surface area contributed by atoms with Gasteiger partial charge in [0.05, 0.1) is 7.11 Å². The fourth-order valence-corrected chi connectivity index (χ4v) is 2.70. The van der Waals surface area contributed by atoms with Gasteiger partial charge in [-0.05, 0) is 42.5 Å². The molecule has 2 atom stereocenters. The summed E-state index contributed by atoms with van der Waals surface area (Å²) in [6.45, 7) is 7.73. The third-order valence-corrected chi connectivity index (χ3v) is 3.99. The van der Waals surface area contributed by atoms with Gasteiger partial charge in [0.1, 0.15) is 5.75 Å². The highest BCUT2D eigenvalue weighted by molar-refractivity contribution is 5.42. The van der Waals surface area contributed by atoms with E-state index in [0.29, 0.717) is 6.04 Å². The van der Waals surface area contributed by atoms with Crippen molar-refractivity contribution in [3.63, 3.8) is 0 Å². The first-order chi connectivity index (χ1) is 8.93. The lowest BCUT2D eigenvalue weighted by atomic mass is 9.84. The summed E-state index contributed by atoms with van der Waals surface area (Å²) in [6.07, 6.45) is 2.35. The molecule has 2 rings (SSSR count). The zero-order valence-electron chi connectivity index (χ0n) is 12.5. The van der Waals surface area contributed by atoms with Crippen molar-refractivity contribution in [3.8, 4) is 5.75 Å². The third kappa shape index (κ3) is 3.10. The van der Waals surface area contributed by atoms with Crippen molar-refractivity contribution in [2.24, 2.45) is 5.73 Å². The second kappa shape index (κ2) is 5.51. The van der Waals surface area contributed by atoms with E-state index in [1.807, 2.05) is 6.07 Å². The SMILES string of the molecule is COc1ccc(C(C)(C)C)cc1C(N)C1CCCN1. The van der Waals surface area contributed by atoms with E-state index in [0.717, 1.165) is 24.3 Å². The van der Waals surface area contributed by atoms with Crippen LogP contribution in [-0.2, 0) is 5.41 Å². The molecule has 0 aromatic heterocycles. The Labute approximate surface area is 116 Å². The second-order valence-corrected chi connectivity index (χ2v) is 6.44. The lowest BCUT2D eigenvalue weighted by Gasteiger charge is -2.26. The van der Waals surface area contributed by atoms with Crippen molar-refractivity contribution < 1.29 is 4.74 Å². The van der Waals surface area contributed by atoms with Crippen LogP contribution in [0.3, 0.4) is 0 Å². The molecule has 1 fully saturated rings. The molecule has 1 aliphatic heterocycles. The molecular formula is C16H26N2O. The third-order valence-electron chi connectivity index (χ3n) is 3.99. The van der Waals surface area contributed by atoms with E-state index in [1.54, 1.807) is 7.11 Å². The van der Waals surface area contributed by atoms with Gasteiger partial charge in [0.25, 0.3) is 0 Å². The van der Waals surface area contributed by atoms with Gasteiger partial charge in [0.15, 0.2) is 0 Å². The van der Waals surface area contributed by atoms with Crippen molar-refractivity contribution >= 4 is 0 Å². The zero-order chi connectivity index (χ0) is 14.0. The normalized spacial score (nSPS) is 21.4. The summed E-state index contributed by atoms with van der Waals surface area (Å²) in [6, 6.07) is 6.76. The van der Waals surface area contributed by atoms with E-state index in [2.05, 4.69) is 38.2 Å². The summed E-state index contributed by atoms with van der Waals surface area (Å²) in [5, 5.41) is 3.48. The highest BCUT2D eigenvalue weighted by atomic mass is 16.5. The Bertz CT molecular complexity index is 431. The molecule has 1 aromatic carbocycles. The number of methoxy groups -OCH3 is 1. The molecule has 0 bridgehead atoms. The highest BCUT2D eigenvalue weighted by Gasteiger charge is 2.26. The summed E-state index contributed by atoms with van der Waals surface area (Å²) in [4.78, 5) is 0. The predicted octanol–water partition coefficient (Wildman–Crippen LogP) is 2.74. The lowest BCUT2D eigenvalue weighted by molar-refractivity contribution is 0.395. The number of hydrogen-bond acceptors (Lipinski definition) is 3. The Morgan fingerprint density at radius 2 is 2.11 bits per heavy atom. The number of benzene rings is 1. The number of rotatable bonds is 3. The van der Waals surface area contributed by atoms with Gasteiger partial charge in [-0.3, -0.25) is 0 Å². The van der Waals surface area contributed by atoms with Crippen LogP contribution in [0.25, 0.3) is 0 Å². The van der Waals surface area contributed by atoms with Gasteiger partial charge in [-0.1, -0.05) is 26.8 Å². The fourth-order valence-electron chi connectivity index (χ4n) is 2.70. The van der Waals surface area contributed by atoms with Crippen LogP contribution in [0.15, 0.2) is 18.2 Å².